The van der Waals surface area contributed by atoms with Gasteiger partial charge in [0.05, 0.1) is 12.5 Å². The van der Waals surface area contributed by atoms with Gasteiger partial charge < -0.3 is 5.32 Å². The number of carbonyl (C=O) groups excluding carboxylic acids is 1. The van der Waals surface area contributed by atoms with Crippen LogP contribution in [0, 0.1) is 24.2 Å². The average Bonchev–Trinajstić information content (AvgIpc) is 2.25. The highest BCUT2D eigenvalue weighted by Gasteiger charge is 2.43. The second kappa shape index (κ2) is 5.24. The molecule has 2 unspecified atom stereocenters. The van der Waals surface area contributed by atoms with Gasteiger partial charge in [0.2, 0.25) is 5.91 Å². The highest BCUT2D eigenvalue weighted by molar-refractivity contribution is 5.78. The van der Waals surface area contributed by atoms with Crippen molar-refractivity contribution in [3.05, 3.63) is 0 Å². The van der Waals surface area contributed by atoms with E-state index in [4.69, 9.17) is 6.42 Å². The van der Waals surface area contributed by atoms with Gasteiger partial charge in [0.1, 0.15) is 0 Å². The van der Waals surface area contributed by atoms with Crippen LogP contribution in [0.3, 0.4) is 0 Å². The van der Waals surface area contributed by atoms with Gasteiger partial charge >= 0.3 is 6.18 Å². The van der Waals surface area contributed by atoms with Gasteiger partial charge in [0.25, 0.3) is 0 Å². The topological polar surface area (TPSA) is 29.1 Å². The van der Waals surface area contributed by atoms with Crippen molar-refractivity contribution in [2.75, 3.05) is 6.54 Å². The summed E-state index contributed by atoms with van der Waals surface area (Å²) in [7, 11) is 0. The second-order valence-corrected chi connectivity index (χ2v) is 4.02. The van der Waals surface area contributed by atoms with Gasteiger partial charge in [-0.25, -0.2) is 0 Å². The molecule has 1 amide bonds. The zero-order valence-corrected chi connectivity index (χ0v) is 8.81. The molecule has 1 aliphatic rings. The van der Waals surface area contributed by atoms with E-state index in [1.807, 2.05) is 0 Å². The molecule has 0 saturated heterocycles. The molecule has 1 aliphatic carbocycles. The third-order valence-electron chi connectivity index (χ3n) is 2.87. The zero-order valence-electron chi connectivity index (χ0n) is 8.81. The van der Waals surface area contributed by atoms with Crippen LogP contribution >= 0.6 is 0 Å². The number of hydrogen-bond donors (Lipinski definition) is 1. The first-order chi connectivity index (χ1) is 7.45. The third-order valence-corrected chi connectivity index (χ3v) is 2.87. The Morgan fingerprint density at radius 2 is 2.12 bits per heavy atom. The van der Waals surface area contributed by atoms with Gasteiger partial charge in [-0.2, -0.15) is 13.2 Å². The van der Waals surface area contributed by atoms with Gasteiger partial charge in [-0.05, 0) is 19.3 Å². The van der Waals surface area contributed by atoms with Crippen LogP contribution < -0.4 is 5.32 Å². The van der Waals surface area contributed by atoms with Crippen molar-refractivity contribution < 1.29 is 18.0 Å². The number of nitrogens with one attached hydrogen (secondary N) is 1. The summed E-state index contributed by atoms with van der Waals surface area (Å²) >= 11 is 0. The summed E-state index contributed by atoms with van der Waals surface area (Å²) in [6.45, 7) is 0.0754. The Kier molecular flexibility index (Phi) is 4.22. The van der Waals surface area contributed by atoms with Gasteiger partial charge in [0.15, 0.2) is 0 Å². The van der Waals surface area contributed by atoms with E-state index >= 15 is 0 Å². The lowest BCUT2D eigenvalue weighted by Gasteiger charge is -2.29. The Labute approximate surface area is 92.6 Å². The Bertz CT molecular complexity index is 293. The third kappa shape index (κ3) is 3.44. The van der Waals surface area contributed by atoms with E-state index in [0.29, 0.717) is 12.8 Å². The minimum Gasteiger partial charge on any atom is -0.345 e. The molecule has 1 N–H and O–H groups in total. The molecule has 0 aromatic heterocycles. The Balaban J connectivity index is 2.51. The van der Waals surface area contributed by atoms with Crippen molar-refractivity contribution in [2.45, 2.75) is 31.9 Å². The Hall–Kier alpha value is -1.18. The van der Waals surface area contributed by atoms with E-state index in [1.54, 1.807) is 0 Å². The Morgan fingerprint density at radius 3 is 2.69 bits per heavy atom. The second-order valence-electron chi connectivity index (χ2n) is 4.02. The van der Waals surface area contributed by atoms with Crippen LogP contribution in [0.15, 0.2) is 0 Å². The minimum atomic E-state index is -4.19. The zero-order chi connectivity index (χ0) is 12.2. The lowest BCUT2D eigenvalue weighted by molar-refractivity contribution is -0.186. The van der Waals surface area contributed by atoms with Crippen LogP contribution in [-0.2, 0) is 4.79 Å². The average molecular weight is 233 g/mol. The van der Waals surface area contributed by atoms with Crippen LogP contribution in [0.4, 0.5) is 13.2 Å². The van der Waals surface area contributed by atoms with Crippen molar-refractivity contribution in [3.63, 3.8) is 0 Å². The van der Waals surface area contributed by atoms with Gasteiger partial charge in [-0.15, -0.1) is 6.42 Å². The van der Waals surface area contributed by atoms with Gasteiger partial charge in [-0.3, -0.25) is 4.79 Å². The summed E-state index contributed by atoms with van der Waals surface area (Å²) in [6, 6.07) is 0. The molecule has 0 heterocycles. The predicted octanol–water partition coefficient (Wildman–Crippen LogP) is 2.10. The van der Waals surface area contributed by atoms with E-state index in [2.05, 4.69) is 11.2 Å². The van der Waals surface area contributed by atoms with Crippen molar-refractivity contribution in [1.82, 2.24) is 5.32 Å². The number of terminal acetylenes is 1. The summed E-state index contributed by atoms with van der Waals surface area (Å²) in [5.74, 6) is -0.0218. The molecule has 90 valence electrons. The SMILES string of the molecule is C#CCNC(=O)C1CCCC(C(F)(F)F)C1. The lowest BCUT2D eigenvalue weighted by atomic mass is 9.80. The lowest BCUT2D eigenvalue weighted by Crippen LogP contribution is -2.37. The molecule has 1 rings (SSSR count). The molecule has 0 bridgehead atoms. The van der Waals surface area contributed by atoms with Crippen molar-refractivity contribution >= 4 is 5.91 Å². The van der Waals surface area contributed by atoms with Crippen molar-refractivity contribution in [3.8, 4) is 12.3 Å². The summed E-state index contributed by atoms with van der Waals surface area (Å²) in [5, 5.41) is 2.43. The van der Waals surface area contributed by atoms with E-state index in [1.165, 1.54) is 0 Å². The van der Waals surface area contributed by atoms with Crippen LogP contribution in [0.5, 0.6) is 0 Å². The molecule has 1 saturated carbocycles. The fourth-order valence-electron chi connectivity index (χ4n) is 2.01. The minimum absolute atomic E-state index is 0.0754. The molecule has 0 aromatic rings. The number of halogens is 3. The Morgan fingerprint density at radius 1 is 1.44 bits per heavy atom. The van der Waals surface area contributed by atoms with E-state index in [9.17, 15) is 18.0 Å². The molecule has 0 aliphatic heterocycles. The first-order valence-corrected chi connectivity index (χ1v) is 5.23. The number of alkyl halides is 3. The summed E-state index contributed by atoms with van der Waals surface area (Å²) in [6.07, 6.45) is 1.74. The largest absolute Gasteiger partial charge is 0.391 e. The molecule has 5 heteroatoms. The first kappa shape index (κ1) is 12.9. The van der Waals surface area contributed by atoms with Crippen LogP contribution in [0.2, 0.25) is 0 Å². The molecule has 0 radical (unpaired) electrons. The van der Waals surface area contributed by atoms with Gasteiger partial charge in [-0.1, -0.05) is 12.3 Å². The standard InChI is InChI=1S/C11H14F3NO/c1-2-6-15-10(16)8-4-3-5-9(7-8)11(12,13)14/h1,8-9H,3-7H2,(H,15,16). The molecular formula is C11H14F3NO. The molecule has 1 fully saturated rings. The van der Waals surface area contributed by atoms with E-state index in [-0.39, 0.29) is 25.3 Å². The number of hydrogen-bond acceptors (Lipinski definition) is 1. The summed E-state index contributed by atoms with van der Waals surface area (Å²) in [5.41, 5.74) is 0. The highest BCUT2D eigenvalue weighted by atomic mass is 19.4. The van der Waals surface area contributed by atoms with Crippen LogP contribution in [0.25, 0.3) is 0 Å². The maximum absolute atomic E-state index is 12.5. The quantitative estimate of drug-likeness (QED) is 0.727. The molecule has 16 heavy (non-hydrogen) atoms. The normalized spacial score (nSPS) is 25.9. The first-order valence-electron chi connectivity index (χ1n) is 5.23. The molecular weight excluding hydrogens is 219 g/mol. The van der Waals surface area contributed by atoms with Crippen molar-refractivity contribution in [2.24, 2.45) is 11.8 Å². The molecule has 0 spiro atoms. The monoisotopic (exact) mass is 233 g/mol. The van der Waals surface area contributed by atoms with Gasteiger partial charge in [0, 0.05) is 5.92 Å². The molecule has 0 aromatic carbocycles. The number of carbonyl (C=O) groups is 1. The molecule has 2 nitrogen and oxygen atoms in total. The van der Waals surface area contributed by atoms with E-state index < -0.39 is 18.0 Å². The summed E-state index contributed by atoms with van der Waals surface area (Å²) in [4.78, 5) is 11.5. The number of rotatable bonds is 2. The predicted molar refractivity (Wildman–Crippen MR) is 53.3 cm³/mol. The molecule has 2 atom stereocenters. The number of amides is 1. The van der Waals surface area contributed by atoms with Crippen LogP contribution in [-0.4, -0.2) is 18.6 Å². The smallest absolute Gasteiger partial charge is 0.345 e. The van der Waals surface area contributed by atoms with E-state index in [0.717, 1.165) is 0 Å². The maximum atomic E-state index is 12.5. The maximum Gasteiger partial charge on any atom is 0.391 e. The highest BCUT2D eigenvalue weighted by Crippen LogP contribution is 2.39. The van der Waals surface area contributed by atoms with Crippen molar-refractivity contribution in [1.29, 1.82) is 0 Å². The fraction of sp³-hybridized carbons (Fsp3) is 0.727. The summed E-state index contributed by atoms with van der Waals surface area (Å²) < 4.78 is 37.4. The van der Waals surface area contributed by atoms with Crippen LogP contribution in [0.1, 0.15) is 25.7 Å². The fourth-order valence-corrected chi connectivity index (χ4v) is 2.01.